The van der Waals surface area contributed by atoms with E-state index in [0.29, 0.717) is 17.7 Å². The summed E-state index contributed by atoms with van der Waals surface area (Å²) in [6.45, 7) is 0.771. The van der Waals surface area contributed by atoms with Crippen molar-refractivity contribution in [1.29, 1.82) is 0 Å². The summed E-state index contributed by atoms with van der Waals surface area (Å²) in [6, 6.07) is 24.0. The lowest BCUT2D eigenvalue weighted by atomic mass is 10.1. The molecule has 1 aromatic heterocycles. The first kappa shape index (κ1) is 20.0. The summed E-state index contributed by atoms with van der Waals surface area (Å²) in [7, 11) is 0. The lowest BCUT2D eigenvalue weighted by Crippen LogP contribution is -2.27. The second kappa shape index (κ2) is 9.93. The van der Waals surface area contributed by atoms with E-state index in [0.717, 1.165) is 22.9 Å². The van der Waals surface area contributed by atoms with Gasteiger partial charge < -0.3 is 14.5 Å². The van der Waals surface area contributed by atoms with Gasteiger partial charge in [-0.25, -0.2) is 0 Å². The van der Waals surface area contributed by atoms with E-state index >= 15 is 0 Å². The highest BCUT2D eigenvalue weighted by Gasteiger charge is 2.10. The van der Waals surface area contributed by atoms with Crippen LogP contribution in [0.3, 0.4) is 0 Å². The van der Waals surface area contributed by atoms with Crippen molar-refractivity contribution in [3.63, 3.8) is 0 Å². The van der Waals surface area contributed by atoms with Crippen LogP contribution in [0.1, 0.15) is 11.5 Å². The van der Waals surface area contributed by atoms with E-state index in [2.05, 4.69) is 21.6 Å². The average Bonchev–Trinajstić information content (AvgIpc) is 3.25. The van der Waals surface area contributed by atoms with E-state index in [-0.39, 0.29) is 18.3 Å². The third-order valence-corrected chi connectivity index (χ3v) is 5.26. The number of hydrogen-bond donors (Lipinski definition) is 1. The number of rotatable bonds is 9. The largest absolute Gasteiger partial charge is 0.484 e. The van der Waals surface area contributed by atoms with Gasteiger partial charge in [0.1, 0.15) is 5.75 Å². The molecular formula is C23H21N3O3S. The average molecular weight is 420 g/mol. The standard InChI is InChI=1S/C23H21N3O3S/c27-21(24-13-12-17-6-2-1-3-7-17)16-30-23-26-25-22(29-23)15-28-20-11-10-18-8-4-5-9-19(18)14-20/h1-11,14H,12-13,15-16H2,(H,24,27). The Bertz CT molecular complexity index is 1110. The Morgan fingerprint density at radius 1 is 0.967 bits per heavy atom. The van der Waals surface area contributed by atoms with Crippen LogP contribution in [0.15, 0.2) is 82.4 Å². The van der Waals surface area contributed by atoms with E-state index in [4.69, 9.17) is 9.15 Å². The van der Waals surface area contributed by atoms with Crippen molar-refractivity contribution in [3.8, 4) is 5.75 Å². The number of benzene rings is 3. The maximum Gasteiger partial charge on any atom is 0.277 e. The summed E-state index contributed by atoms with van der Waals surface area (Å²) in [5.41, 5.74) is 1.19. The number of nitrogens with one attached hydrogen (secondary N) is 1. The summed E-state index contributed by atoms with van der Waals surface area (Å²) in [5, 5.41) is 13.5. The van der Waals surface area contributed by atoms with Gasteiger partial charge in [-0.1, -0.05) is 72.4 Å². The highest BCUT2D eigenvalue weighted by atomic mass is 32.2. The van der Waals surface area contributed by atoms with Crippen LogP contribution in [0, 0.1) is 0 Å². The van der Waals surface area contributed by atoms with E-state index in [9.17, 15) is 4.79 Å². The molecular weight excluding hydrogens is 398 g/mol. The molecule has 0 aliphatic heterocycles. The van der Waals surface area contributed by atoms with Crippen molar-refractivity contribution in [1.82, 2.24) is 15.5 Å². The minimum Gasteiger partial charge on any atom is -0.484 e. The SMILES string of the molecule is O=C(CSc1nnc(COc2ccc3ccccc3c2)o1)NCCc1ccccc1. The van der Waals surface area contributed by atoms with Crippen molar-refractivity contribution < 1.29 is 13.9 Å². The zero-order valence-electron chi connectivity index (χ0n) is 16.3. The second-order valence-electron chi connectivity index (χ2n) is 6.63. The van der Waals surface area contributed by atoms with Crippen LogP contribution in [0.25, 0.3) is 10.8 Å². The fraction of sp³-hybridized carbons (Fsp3) is 0.174. The van der Waals surface area contributed by atoms with E-state index in [1.165, 1.54) is 17.3 Å². The molecule has 0 aliphatic carbocycles. The third kappa shape index (κ3) is 5.61. The summed E-state index contributed by atoms with van der Waals surface area (Å²) in [5.74, 6) is 1.26. The van der Waals surface area contributed by atoms with E-state index in [1.807, 2.05) is 66.7 Å². The molecule has 30 heavy (non-hydrogen) atoms. The quantitative estimate of drug-likeness (QED) is 0.409. The number of thioether (sulfide) groups is 1. The molecule has 0 atom stereocenters. The Labute approximate surface area is 178 Å². The molecule has 0 saturated carbocycles. The van der Waals surface area contributed by atoms with Gasteiger partial charge >= 0.3 is 0 Å². The molecule has 1 N–H and O–H groups in total. The van der Waals surface area contributed by atoms with Crippen LogP contribution in [-0.4, -0.2) is 28.4 Å². The summed E-state index contributed by atoms with van der Waals surface area (Å²) >= 11 is 1.21. The van der Waals surface area contributed by atoms with Crippen LogP contribution in [0.5, 0.6) is 5.75 Å². The first-order valence-electron chi connectivity index (χ1n) is 9.64. The van der Waals surface area contributed by atoms with Gasteiger partial charge in [0, 0.05) is 6.54 Å². The Hall–Kier alpha value is -3.32. The molecule has 0 aliphatic rings. The molecule has 4 aromatic rings. The molecule has 3 aromatic carbocycles. The number of fused-ring (bicyclic) bond motifs is 1. The van der Waals surface area contributed by atoms with Gasteiger partial charge in [0.15, 0.2) is 6.61 Å². The van der Waals surface area contributed by atoms with Crippen LogP contribution < -0.4 is 10.1 Å². The van der Waals surface area contributed by atoms with E-state index < -0.39 is 0 Å². The predicted octanol–water partition coefficient (Wildman–Crippen LogP) is 4.25. The summed E-state index contributed by atoms with van der Waals surface area (Å²) in [6.07, 6.45) is 0.800. The number of carbonyl (C=O) groups is 1. The van der Waals surface area contributed by atoms with Crippen molar-refractivity contribution in [3.05, 3.63) is 84.3 Å². The molecule has 7 heteroatoms. The Balaban J connectivity index is 1.20. The molecule has 1 amide bonds. The lowest BCUT2D eigenvalue weighted by Gasteiger charge is -2.05. The first-order chi connectivity index (χ1) is 14.8. The predicted molar refractivity (Wildman–Crippen MR) is 116 cm³/mol. The highest BCUT2D eigenvalue weighted by Crippen LogP contribution is 2.22. The molecule has 0 radical (unpaired) electrons. The smallest absolute Gasteiger partial charge is 0.277 e. The number of aromatic nitrogens is 2. The molecule has 6 nitrogen and oxygen atoms in total. The number of nitrogens with zero attached hydrogens (tertiary/aromatic N) is 2. The van der Waals surface area contributed by atoms with Crippen LogP contribution in [-0.2, 0) is 17.8 Å². The monoisotopic (exact) mass is 419 g/mol. The number of amides is 1. The number of carbonyl (C=O) groups excluding carboxylic acids is 1. The van der Waals surface area contributed by atoms with Gasteiger partial charge in [-0.3, -0.25) is 4.79 Å². The minimum atomic E-state index is -0.0666. The fourth-order valence-corrected chi connectivity index (χ4v) is 3.54. The van der Waals surface area contributed by atoms with Gasteiger partial charge in [0.05, 0.1) is 5.75 Å². The minimum absolute atomic E-state index is 0.0666. The zero-order valence-corrected chi connectivity index (χ0v) is 17.1. The van der Waals surface area contributed by atoms with Crippen LogP contribution in [0.4, 0.5) is 0 Å². The summed E-state index contributed by atoms with van der Waals surface area (Å²) < 4.78 is 11.3. The molecule has 152 valence electrons. The van der Waals surface area contributed by atoms with Gasteiger partial charge in [-0.2, -0.15) is 0 Å². The van der Waals surface area contributed by atoms with E-state index in [1.54, 1.807) is 0 Å². The van der Waals surface area contributed by atoms with Gasteiger partial charge in [-0.15, -0.1) is 10.2 Å². The first-order valence-corrected chi connectivity index (χ1v) is 10.6. The second-order valence-corrected chi connectivity index (χ2v) is 7.56. The molecule has 0 saturated heterocycles. The molecule has 1 heterocycles. The Kier molecular flexibility index (Phi) is 6.61. The molecule has 4 rings (SSSR count). The zero-order chi connectivity index (χ0) is 20.6. The Morgan fingerprint density at radius 3 is 2.63 bits per heavy atom. The van der Waals surface area contributed by atoms with Crippen molar-refractivity contribution in [2.45, 2.75) is 18.3 Å². The molecule has 0 unspecified atom stereocenters. The molecule has 0 fully saturated rings. The van der Waals surface area contributed by atoms with Crippen LogP contribution >= 0.6 is 11.8 Å². The van der Waals surface area contributed by atoms with Crippen molar-refractivity contribution >= 4 is 28.4 Å². The highest BCUT2D eigenvalue weighted by molar-refractivity contribution is 7.99. The van der Waals surface area contributed by atoms with Gasteiger partial charge in [-0.05, 0) is 34.9 Å². The third-order valence-electron chi connectivity index (χ3n) is 4.44. The van der Waals surface area contributed by atoms with Crippen molar-refractivity contribution in [2.24, 2.45) is 0 Å². The fourth-order valence-electron chi connectivity index (χ4n) is 2.93. The number of ether oxygens (including phenoxy) is 1. The molecule has 0 spiro atoms. The Morgan fingerprint density at radius 2 is 1.77 bits per heavy atom. The maximum absolute atomic E-state index is 12.0. The molecule has 0 bridgehead atoms. The van der Waals surface area contributed by atoms with Crippen LogP contribution in [0.2, 0.25) is 0 Å². The van der Waals surface area contributed by atoms with Crippen molar-refractivity contribution in [2.75, 3.05) is 12.3 Å². The maximum atomic E-state index is 12.0. The number of hydrogen-bond acceptors (Lipinski definition) is 6. The van der Waals surface area contributed by atoms with Gasteiger partial charge in [0.25, 0.3) is 11.1 Å². The summed E-state index contributed by atoms with van der Waals surface area (Å²) in [4.78, 5) is 12.0. The lowest BCUT2D eigenvalue weighted by molar-refractivity contribution is -0.118. The van der Waals surface area contributed by atoms with Gasteiger partial charge in [0.2, 0.25) is 5.91 Å². The normalized spacial score (nSPS) is 10.8. The topological polar surface area (TPSA) is 77.2 Å².